The number of hydrogen-bond donors (Lipinski definition) is 0. The molecule has 1 rings (SSSR count). The fraction of sp³-hybridized carbons (Fsp3) is 0.357. The summed E-state index contributed by atoms with van der Waals surface area (Å²) < 4.78 is 5.19. The molecule has 0 unspecified atom stereocenters. The highest BCUT2D eigenvalue weighted by atomic mass is 32.4. The largest absolute Gasteiger partial charge is 0.462 e. The lowest BCUT2D eigenvalue weighted by atomic mass is 10.2. The maximum absolute atomic E-state index is 11.6. The maximum atomic E-state index is 11.6. The van der Waals surface area contributed by atoms with E-state index in [9.17, 15) is 4.79 Å². The summed E-state index contributed by atoms with van der Waals surface area (Å²) in [6, 6.07) is 7.70. The lowest BCUT2D eigenvalue weighted by Gasteiger charge is -2.10. The summed E-state index contributed by atoms with van der Waals surface area (Å²) in [6.07, 6.45) is 2.81. The third-order valence-corrected chi connectivity index (χ3v) is 5.39. The third kappa shape index (κ3) is 5.16. The van der Waals surface area contributed by atoms with Crippen LogP contribution in [0.5, 0.6) is 0 Å². The van der Waals surface area contributed by atoms with Gasteiger partial charge in [0, 0.05) is 6.42 Å². The summed E-state index contributed by atoms with van der Waals surface area (Å²) >= 11 is 5.42. The van der Waals surface area contributed by atoms with Gasteiger partial charge in [0.05, 0.1) is 12.2 Å². The van der Waals surface area contributed by atoms with E-state index in [1.807, 2.05) is 18.2 Å². The summed E-state index contributed by atoms with van der Waals surface area (Å²) in [4.78, 5) is 11.6. The van der Waals surface area contributed by atoms with Gasteiger partial charge in [0.15, 0.2) is 0 Å². The van der Waals surface area contributed by atoms with Crippen LogP contribution in [0.1, 0.15) is 23.7 Å². The number of carbonyl (C=O) groups is 1. The van der Waals surface area contributed by atoms with Gasteiger partial charge in [0.1, 0.15) is 0 Å². The summed E-state index contributed by atoms with van der Waals surface area (Å²) in [6.45, 7) is 6.66. The minimum absolute atomic E-state index is 0.269. The highest BCUT2D eigenvalue weighted by molar-refractivity contribution is 8.15. The Balaban J connectivity index is 2.40. The van der Waals surface area contributed by atoms with Crippen LogP contribution < -0.4 is 0 Å². The molecule has 0 heterocycles. The second-order valence-electron chi connectivity index (χ2n) is 4.49. The average Bonchev–Trinajstić information content (AvgIpc) is 2.34. The van der Waals surface area contributed by atoms with Gasteiger partial charge >= 0.3 is 5.97 Å². The van der Waals surface area contributed by atoms with Gasteiger partial charge in [-0.3, -0.25) is 0 Å². The van der Waals surface area contributed by atoms with E-state index in [1.165, 1.54) is 5.31 Å². The van der Waals surface area contributed by atoms with Crippen molar-refractivity contribution in [3.63, 3.8) is 0 Å². The molecule has 4 heteroatoms. The standard InChI is InChI=1S/C14H19O2PS/c1-12(17(2,3)18)8-7-11-16-14(15)13-9-5-4-6-10-13/h4-6,8-10H,7,11H2,1-3H3/b12-8+. The van der Waals surface area contributed by atoms with Crippen molar-refractivity contribution in [2.45, 2.75) is 13.3 Å². The molecule has 0 atom stereocenters. The Hall–Kier alpha value is -0.920. The molecule has 0 saturated carbocycles. The quantitative estimate of drug-likeness (QED) is 0.466. The van der Waals surface area contributed by atoms with Crippen LogP contribution in [-0.2, 0) is 16.5 Å². The van der Waals surface area contributed by atoms with Crippen LogP contribution in [-0.4, -0.2) is 25.9 Å². The molecule has 1 aromatic rings. The first kappa shape index (κ1) is 15.1. The number of hydrogen-bond acceptors (Lipinski definition) is 3. The van der Waals surface area contributed by atoms with Crippen molar-refractivity contribution in [1.29, 1.82) is 0 Å². The van der Waals surface area contributed by atoms with Gasteiger partial charge in [0.25, 0.3) is 0 Å². The van der Waals surface area contributed by atoms with E-state index in [1.54, 1.807) is 12.1 Å². The predicted molar refractivity (Wildman–Crippen MR) is 81.2 cm³/mol. The van der Waals surface area contributed by atoms with Gasteiger partial charge < -0.3 is 4.74 Å². The lowest BCUT2D eigenvalue weighted by Crippen LogP contribution is -2.05. The van der Waals surface area contributed by atoms with Crippen LogP contribution in [0, 0.1) is 0 Å². The number of allylic oxidation sites excluding steroid dienone is 1. The molecule has 0 saturated heterocycles. The van der Waals surface area contributed by atoms with E-state index < -0.39 is 6.04 Å². The van der Waals surface area contributed by atoms with E-state index in [-0.39, 0.29) is 5.97 Å². The van der Waals surface area contributed by atoms with Crippen LogP contribution in [0.3, 0.4) is 0 Å². The molecule has 1 aromatic carbocycles. The van der Waals surface area contributed by atoms with Gasteiger partial charge in [-0.15, -0.1) is 0 Å². The Morgan fingerprint density at radius 2 is 1.94 bits per heavy atom. The van der Waals surface area contributed by atoms with Crippen LogP contribution in [0.15, 0.2) is 41.7 Å². The van der Waals surface area contributed by atoms with Crippen molar-refractivity contribution < 1.29 is 9.53 Å². The minimum atomic E-state index is -1.32. The van der Waals surface area contributed by atoms with Crippen LogP contribution in [0.2, 0.25) is 0 Å². The van der Waals surface area contributed by atoms with Gasteiger partial charge in [-0.1, -0.05) is 36.1 Å². The summed E-state index contributed by atoms with van der Waals surface area (Å²) in [5.74, 6) is -0.269. The molecule has 2 nitrogen and oxygen atoms in total. The number of carbonyl (C=O) groups excluding carboxylic acids is 1. The molecule has 0 radical (unpaired) electrons. The van der Waals surface area contributed by atoms with Crippen molar-refractivity contribution in [1.82, 2.24) is 0 Å². The fourth-order valence-corrected chi connectivity index (χ4v) is 2.09. The Morgan fingerprint density at radius 3 is 2.50 bits per heavy atom. The van der Waals surface area contributed by atoms with E-state index >= 15 is 0 Å². The Bertz CT molecular complexity index is 474. The zero-order valence-electron chi connectivity index (χ0n) is 11.1. The van der Waals surface area contributed by atoms with E-state index in [0.29, 0.717) is 12.2 Å². The zero-order valence-corrected chi connectivity index (χ0v) is 12.8. The highest BCUT2D eigenvalue weighted by Crippen LogP contribution is 2.46. The molecule has 0 bridgehead atoms. The van der Waals surface area contributed by atoms with Gasteiger partial charge in [-0.2, -0.15) is 0 Å². The Kier molecular flexibility index (Phi) is 5.77. The van der Waals surface area contributed by atoms with Crippen molar-refractivity contribution in [2.75, 3.05) is 19.9 Å². The van der Waals surface area contributed by atoms with Crippen LogP contribution in [0.4, 0.5) is 0 Å². The molecule has 0 fully saturated rings. The highest BCUT2D eigenvalue weighted by Gasteiger charge is 2.06. The molecule has 98 valence electrons. The molecule has 0 aliphatic heterocycles. The van der Waals surface area contributed by atoms with Crippen molar-refractivity contribution in [3.05, 3.63) is 47.3 Å². The molecule has 0 aromatic heterocycles. The summed E-state index contributed by atoms with van der Waals surface area (Å²) in [5, 5.41) is 1.24. The first-order valence-electron chi connectivity index (χ1n) is 5.86. The first-order valence-corrected chi connectivity index (χ1v) is 9.55. The average molecular weight is 282 g/mol. The molecule has 0 spiro atoms. The third-order valence-electron chi connectivity index (χ3n) is 2.65. The number of ether oxygens (including phenoxy) is 1. The molecule has 0 aliphatic carbocycles. The molecule has 0 aliphatic rings. The predicted octanol–water partition coefficient (Wildman–Crippen LogP) is 3.88. The van der Waals surface area contributed by atoms with Crippen molar-refractivity contribution in [3.8, 4) is 0 Å². The Morgan fingerprint density at radius 1 is 1.33 bits per heavy atom. The van der Waals surface area contributed by atoms with Gasteiger partial charge in [-0.05, 0) is 43.7 Å². The number of benzene rings is 1. The minimum Gasteiger partial charge on any atom is -0.462 e. The SMILES string of the molecule is C/C(=C\CCOC(=O)c1ccccc1)P(C)(C)=S. The van der Waals surface area contributed by atoms with Crippen molar-refractivity contribution in [2.24, 2.45) is 0 Å². The van der Waals surface area contributed by atoms with Gasteiger partial charge in [-0.25, -0.2) is 4.79 Å². The Labute approximate surface area is 114 Å². The second kappa shape index (κ2) is 6.86. The van der Waals surface area contributed by atoms with Gasteiger partial charge in [0.2, 0.25) is 0 Å². The molecule has 0 N–H and O–H groups in total. The lowest BCUT2D eigenvalue weighted by molar-refractivity contribution is 0.0511. The van der Waals surface area contributed by atoms with Crippen LogP contribution >= 0.6 is 6.04 Å². The molecular weight excluding hydrogens is 263 g/mol. The van der Waals surface area contributed by atoms with E-state index in [4.69, 9.17) is 16.5 Å². The molecule has 18 heavy (non-hydrogen) atoms. The number of esters is 1. The normalized spacial score (nSPS) is 12.3. The van der Waals surface area contributed by atoms with Crippen LogP contribution in [0.25, 0.3) is 0 Å². The maximum Gasteiger partial charge on any atom is 0.338 e. The monoisotopic (exact) mass is 282 g/mol. The smallest absolute Gasteiger partial charge is 0.338 e. The summed E-state index contributed by atoms with van der Waals surface area (Å²) in [7, 11) is 0. The zero-order chi connectivity index (χ0) is 13.6. The first-order chi connectivity index (χ1) is 8.41. The van der Waals surface area contributed by atoms with E-state index in [2.05, 4.69) is 26.3 Å². The molecule has 0 amide bonds. The second-order valence-corrected chi connectivity index (χ2v) is 10.6. The topological polar surface area (TPSA) is 26.3 Å². The number of rotatable bonds is 5. The van der Waals surface area contributed by atoms with E-state index in [0.717, 1.165) is 6.42 Å². The van der Waals surface area contributed by atoms with Crippen molar-refractivity contribution >= 4 is 23.8 Å². The fourth-order valence-electron chi connectivity index (χ4n) is 1.30. The summed E-state index contributed by atoms with van der Waals surface area (Å²) in [5.41, 5.74) is 0.592. The molecular formula is C14H19O2PS.